The van der Waals surface area contributed by atoms with E-state index in [4.69, 9.17) is 4.74 Å². The van der Waals surface area contributed by atoms with Gasteiger partial charge in [-0.2, -0.15) is 0 Å². The summed E-state index contributed by atoms with van der Waals surface area (Å²) in [4.78, 5) is 13.6. The molecule has 0 saturated carbocycles. The molecule has 8 heteroatoms. The first kappa shape index (κ1) is 20.4. The lowest BCUT2D eigenvalue weighted by atomic mass is 10.2. The maximum atomic E-state index is 12.2. The molecule has 1 N–H and O–H groups in total. The molecule has 1 amide bonds. The summed E-state index contributed by atoms with van der Waals surface area (Å²) in [5.41, 5.74) is 1.82. The van der Waals surface area contributed by atoms with Crippen molar-refractivity contribution in [1.29, 1.82) is 0 Å². The maximum absolute atomic E-state index is 12.2. The van der Waals surface area contributed by atoms with Gasteiger partial charge in [-0.1, -0.05) is 25.1 Å². The summed E-state index contributed by atoms with van der Waals surface area (Å²) in [6.45, 7) is 4.73. The minimum Gasteiger partial charge on any atom is -0.494 e. The Bertz CT molecular complexity index is 919. The van der Waals surface area contributed by atoms with Crippen molar-refractivity contribution in [2.24, 2.45) is 7.05 Å². The molecule has 0 aliphatic heterocycles. The number of thiophene rings is 1. The number of anilines is 1. The molecular formula is C20H24N4O2S2. The second-order valence-electron chi connectivity index (χ2n) is 6.21. The molecular weight excluding hydrogens is 392 g/mol. The third-order valence-corrected chi connectivity index (χ3v) is 6.04. The minimum atomic E-state index is -0.0838. The fraction of sp³-hybridized carbons (Fsp3) is 0.350. The van der Waals surface area contributed by atoms with Crippen molar-refractivity contribution in [3.8, 4) is 17.1 Å². The largest absolute Gasteiger partial charge is 0.494 e. The van der Waals surface area contributed by atoms with Gasteiger partial charge in [0.2, 0.25) is 5.91 Å². The summed E-state index contributed by atoms with van der Waals surface area (Å²) in [7, 11) is 1.93. The molecule has 3 aromatic rings. The van der Waals surface area contributed by atoms with E-state index in [2.05, 4.69) is 33.9 Å². The number of benzene rings is 1. The van der Waals surface area contributed by atoms with E-state index in [1.165, 1.54) is 16.6 Å². The molecule has 6 nitrogen and oxygen atoms in total. The number of hydrogen-bond donors (Lipinski definition) is 1. The lowest BCUT2D eigenvalue weighted by Gasteiger charge is -2.07. The Hall–Kier alpha value is -2.32. The van der Waals surface area contributed by atoms with Crippen LogP contribution in [0.25, 0.3) is 11.4 Å². The summed E-state index contributed by atoms with van der Waals surface area (Å²) in [6.07, 6.45) is 2.21. The predicted molar refractivity (Wildman–Crippen MR) is 115 cm³/mol. The zero-order chi connectivity index (χ0) is 19.9. The van der Waals surface area contributed by atoms with Crippen molar-refractivity contribution in [2.75, 3.05) is 17.7 Å². The van der Waals surface area contributed by atoms with Gasteiger partial charge in [-0.3, -0.25) is 4.79 Å². The van der Waals surface area contributed by atoms with Gasteiger partial charge in [-0.15, -0.1) is 21.5 Å². The van der Waals surface area contributed by atoms with E-state index in [-0.39, 0.29) is 11.7 Å². The first-order chi connectivity index (χ1) is 13.6. The van der Waals surface area contributed by atoms with Crippen molar-refractivity contribution in [2.45, 2.75) is 31.8 Å². The van der Waals surface area contributed by atoms with Gasteiger partial charge in [-0.05, 0) is 43.7 Å². The fourth-order valence-corrected chi connectivity index (χ4v) is 4.38. The van der Waals surface area contributed by atoms with E-state index >= 15 is 0 Å². The van der Waals surface area contributed by atoms with Crippen LogP contribution in [0.2, 0.25) is 0 Å². The van der Waals surface area contributed by atoms with E-state index in [0.717, 1.165) is 40.8 Å². The Labute approximate surface area is 173 Å². The van der Waals surface area contributed by atoms with Crippen LogP contribution < -0.4 is 10.1 Å². The molecule has 148 valence electrons. The van der Waals surface area contributed by atoms with Crippen LogP contribution >= 0.6 is 23.1 Å². The van der Waals surface area contributed by atoms with Gasteiger partial charge in [0.1, 0.15) is 5.75 Å². The third-order valence-electron chi connectivity index (χ3n) is 4.02. The van der Waals surface area contributed by atoms with Crippen molar-refractivity contribution < 1.29 is 9.53 Å². The minimum absolute atomic E-state index is 0.0838. The lowest BCUT2D eigenvalue weighted by Crippen LogP contribution is -2.14. The fourth-order valence-electron chi connectivity index (χ4n) is 2.70. The highest BCUT2D eigenvalue weighted by Crippen LogP contribution is 2.27. The van der Waals surface area contributed by atoms with Crippen LogP contribution in [0.15, 0.2) is 40.9 Å². The molecule has 2 heterocycles. The normalized spacial score (nSPS) is 10.8. The van der Waals surface area contributed by atoms with Crippen LogP contribution in [-0.2, 0) is 18.3 Å². The average Bonchev–Trinajstić information content (AvgIpc) is 3.29. The van der Waals surface area contributed by atoms with Crippen LogP contribution in [0.1, 0.15) is 25.1 Å². The molecule has 0 saturated heterocycles. The number of hydrogen-bond acceptors (Lipinski definition) is 6. The molecule has 0 aliphatic carbocycles. The third kappa shape index (κ3) is 5.14. The molecule has 0 unspecified atom stereocenters. The topological polar surface area (TPSA) is 69.0 Å². The van der Waals surface area contributed by atoms with Gasteiger partial charge >= 0.3 is 0 Å². The van der Waals surface area contributed by atoms with Gasteiger partial charge in [-0.25, -0.2) is 0 Å². The number of ether oxygens (including phenoxy) is 1. The van der Waals surface area contributed by atoms with Crippen molar-refractivity contribution in [3.63, 3.8) is 0 Å². The van der Waals surface area contributed by atoms with Crippen LogP contribution in [0.3, 0.4) is 0 Å². The van der Waals surface area contributed by atoms with Crippen molar-refractivity contribution >= 4 is 34.7 Å². The van der Waals surface area contributed by atoms with Crippen LogP contribution in [0, 0.1) is 0 Å². The smallest absolute Gasteiger partial charge is 0.234 e. The Balaban J connectivity index is 1.57. The van der Waals surface area contributed by atoms with Crippen LogP contribution in [0.5, 0.6) is 5.75 Å². The number of aryl methyl sites for hydroxylation is 1. The number of thioether (sulfide) groups is 1. The number of aromatic nitrogens is 3. The molecule has 0 bridgehead atoms. The first-order valence-corrected chi connectivity index (χ1v) is 11.1. The standard InChI is InChI=1S/C20H24N4O2S2/c1-4-6-17-11-14(12-27-17)19-22-23-20(24(19)3)28-13-18(25)21-15-7-9-16(10-8-15)26-5-2/h7-12H,4-6,13H2,1-3H3,(H,21,25). The molecule has 0 atom stereocenters. The number of carbonyl (C=O) groups excluding carboxylic acids is 1. The summed E-state index contributed by atoms with van der Waals surface area (Å²) < 4.78 is 7.34. The van der Waals surface area contributed by atoms with Crippen LogP contribution in [-0.4, -0.2) is 33.0 Å². The summed E-state index contributed by atoms with van der Waals surface area (Å²) in [5, 5.41) is 14.3. The SMILES string of the molecule is CCCc1cc(-c2nnc(SCC(=O)Nc3ccc(OCC)cc3)n2C)cs1. The maximum Gasteiger partial charge on any atom is 0.234 e. The summed E-state index contributed by atoms with van der Waals surface area (Å²) in [6, 6.07) is 9.52. The summed E-state index contributed by atoms with van der Waals surface area (Å²) >= 11 is 3.12. The molecule has 0 fully saturated rings. The molecule has 1 aromatic carbocycles. The van der Waals surface area contributed by atoms with Crippen molar-refractivity contribution in [3.05, 3.63) is 40.6 Å². The Morgan fingerprint density at radius 1 is 1.25 bits per heavy atom. The highest BCUT2D eigenvalue weighted by atomic mass is 32.2. The van der Waals surface area contributed by atoms with Crippen molar-refractivity contribution in [1.82, 2.24) is 14.8 Å². The van der Waals surface area contributed by atoms with E-state index in [1.807, 2.05) is 42.8 Å². The monoisotopic (exact) mass is 416 g/mol. The number of rotatable bonds is 9. The Morgan fingerprint density at radius 3 is 2.75 bits per heavy atom. The van der Waals surface area contributed by atoms with E-state index in [9.17, 15) is 4.79 Å². The molecule has 0 radical (unpaired) electrons. The van der Waals surface area contributed by atoms with Gasteiger partial charge in [0.05, 0.1) is 12.4 Å². The van der Waals surface area contributed by atoms with E-state index in [1.54, 1.807) is 11.3 Å². The van der Waals surface area contributed by atoms with Gasteiger partial charge < -0.3 is 14.6 Å². The zero-order valence-electron chi connectivity index (χ0n) is 16.3. The quantitative estimate of drug-likeness (QED) is 0.515. The van der Waals surface area contributed by atoms with Crippen LogP contribution in [0.4, 0.5) is 5.69 Å². The Kier molecular flexibility index (Phi) is 7.11. The molecule has 3 rings (SSSR count). The van der Waals surface area contributed by atoms with Gasteiger partial charge in [0, 0.05) is 28.6 Å². The highest BCUT2D eigenvalue weighted by molar-refractivity contribution is 7.99. The second-order valence-corrected chi connectivity index (χ2v) is 8.15. The number of carbonyl (C=O) groups is 1. The van der Waals surface area contributed by atoms with E-state index < -0.39 is 0 Å². The highest BCUT2D eigenvalue weighted by Gasteiger charge is 2.14. The molecule has 0 aliphatic rings. The predicted octanol–water partition coefficient (Wildman–Crippen LogP) is 4.63. The molecule has 2 aromatic heterocycles. The molecule has 28 heavy (non-hydrogen) atoms. The van der Waals surface area contributed by atoms with E-state index in [0.29, 0.717) is 6.61 Å². The number of amides is 1. The molecule has 0 spiro atoms. The number of nitrogens with one attached hydrogen (secondary N) is 1. The summed E-state index contributed by atoms with van der Waals surface area (Å²) in [5.74, 6) is 1.80. The van der Waals surface area contributed by atoms with Gasteiger partial charge in [0.25, 0.3) is 0 Å². The zero-order valence-corrected chi connectivity index (χ0v) is 17.9. The van der Waals surface area contributed by atoms with Gasteiger partial charge in [0.15, 0.2) is 11.0 Å². The lowest BCUT2D eigenvalue weighted by molar-refractivity contribution is -0.113. The second kappa shape index (κ2) is 9.75. The number of nitrogens with zero attached hydrogens (tertiary/aromatic N) is 3. The average molecular weight is 417 g/mol. The first-order valence-electron chi connectivity index (χ1n) is 9.23. The Morgan fingerprint density at radius 2 is 2.04 bits per heavy atom.